The van der Waals surface area contributed by atoms with Gasteiger partial charge in [0.05, 0.1) is 5.41 Å². The van der Waals surface area contributed by atoms with Crippen LogP contribution in [-0.2, 0) is 11.8 Å². The van der Waals surface area contributed by atoms with Gasteiger partial charge < -0.3 is 10.3 Å². The lowest BCUT2D eigenvalue weighted by molar-refractivity contribution is 0.203. The second-order valence-electron chi connectivity index (χ2n) is 6.05. The molecule has 0 amide bonds. The Kier molecular flexibility index (Phi) is 4.00. The molecule has 21 heavy (non-hydrogen) atoms. The Morgan fingerprint density at radius 2 is 2.19 bits per heavy atom. The van der Waals surface area contributed by atoms with Crippen LogP contribution in [0, 0.1) is 0 Å². The lowest BCUT2D eigenvalue weighted by Crippen LogP contribution is -2.45. The first-order chi connectivity index (χ1) is 10.1. The van der Waals surface area contributed by atoms with Crippen molar-refractivity contribution in [2.24, 2.45) is 5.73 Å². The Balaban J connectivity index is 1.82. The maximum Gasteiger partial charge on any atom is 0.234 e. The molecule has 2 unspecified atom stereocenters. The van der Waals surface area contributed by atoms with E-state index < -0.39 is 0 Å². The standard InChI is InChI=1S/C16H20ClN3O/c1-16(9-5-4-8-13(16)18)15-19-14(20-21-15)10-11-6-2-3-7-12(11)17/h2-3,6-7,13H,4-5,8-10,18H2,1H3. The van der Waals surface area contributed by atoms with Gasteiger partial charge in [0.2, 0.25) is 5.89 Å². The van der Waals surface area contributed by atoms with E-state index in [-0.39, 0.29) is 11.5 Å². The summed E-state index contributed by atoms with van der Waals surface area (Å²) in [6.07, 6.45) is 4.93. The second-order valence-corrected chi connectivity index (χ2v) is 6.46. The molecular weight excluding hydrogens is 286 g/mol. The Labute approximate surface area is 129 Å². The first kappa shape index (κ1) is 14.5. The maximum absolute atomic E-state index is 6.28. The fourth-order valence-electron chi connectivity index (χ4n) is 3.00. The van der Waals surface area contributed by atoms with Crippen molar-refractivity contribution in [1.29, 1.82) is 0 Å². The summed E-state index contributed by atoms with van der Waals surface area (Å²) in [5, 5.41) is 4.83. The average molecular weight is 306 g/mol. The lowest BCUT2D eigenvalue weighted by Gasteiger charge is -2.35. The molecule has 1 aromatic carbocycles. The lowest BCUT2D eigenvalue weighted by atomic mass is 9.72. The molecule has 0 bridgehead atoms. The summed E-state index contributed by atoms with van der Waals surface area (Å²) in [6.45, 7) is 2.13. The van der Waals surface area contributed by atoms with Gasteiger partial charge in [-0.1, -0.05) is 47.8 Å². The highest BCUT2D eigenvalue weighted by Gasteiger charge is 2.40. The molecule has 1 aliphatic carbocycles. The van der Waals surface area contributed by atoms with Crippen LogP contribution in [0.2, 0.25) is 5.02 Å². The van der Waals surface area contributed by atoms with Gasteiger partial charge in [-0.2, -0.15) is 4.98 Å². The Bertz CT molecular complexity index is 627. The molecule has 112 valence electrons. The van der Waals surface area contributed by atoms with E-state index in [1.165, 1.54) is 6.42 Å². The smallest absolute Gasteiger partial charge is 0.234 e. The van der Waals surface area contributed by atoms with E-state index in [0.29, 0.717) is 18.1 Å². The second kappa shape index (κ2) is 5.78. The first-order valence-electron chi connectivity index (χ1n) is 7.41. The number of aromatic nitrogens is 2. The third-order valence-electron chi connectivity index (χ3n) is 4.54. The number of hydrogen-bond donors (Lipinski definition) is 1. The van der Waals surface area contributed by atoms with E-state index in [2.05, 4.69) is 17.1 Å². The van der Waals surface area contributed by atoms with Crippen molar-refractivity contribution in [2.75, 3.05) is 0 Å². The molecule has 1 fully saturated rings. The van der Waals surface area contributed by atoms with Gasteiger partial charge in [0, 0.05) is 17.5 Å². The fourth-order valence-corrected chi connectivity index (χ4v) is 3.20. The first-order valence-corrected chi connectivity index (χ1v) is 7.79. The molecule has 3 rings (SSSR count). The minimum atomic E-state index is -0.204. The molecule has 5 heteroatoms. The molecule has 1 aromatic heterocycles. The van der Waals surface area contributed by atoms with Crippen molar-refractivity contribution in [1.82, 2.24) is 10.1 Å². The van der Waals surface area contributed by atoms with E-state index in [1.54, 1.807) is 0 Å². The molecule has 1 saturated carbocycles. The van der Waals surface area contributed by atoms with Crippen LogP contribution in [0.25, 0.3) is 0 Å². The third-order valence-corrected chi connectivity index (χ3v) is 4.91. The Morgan fingerprint density at radius 3 is 2.95 bits per heavy atom. The zero-order chi connectivity index (χ0) is 14.9. The SMILES string of the molecule is CC1(c2nc(Cc3ccccc3Cl)no2)CCCCC1N. The number of nitrogens with two attached hydrogens (primary N) is 1. The van der Waals surface area contributed by atoms with Gasteiger partial charge in [-0.3, -0.25) is 0 Å². The summed E-state index contributed by atoms with van der Waals surface area (Å²) in [6, 6.07) is 7.80. The van der Waals surface area contributed by atoms with Gasteiger partial charge in [0.1, 0.15) is 0 Å². The highest BCUT2D eigenvalue weighted by molar-refractivity contribution is 6.31. The molecule has 0 radical (unpaired) electrons. The largest absolute Gasteiger partial charge is 0.339 e. The van der Waals surface area contributed by atoms with Crippen molar-refractivity contribution in [2.45, 2.75) is 50.5 Å². The van der Waals surface area contributed by atoms with Crippen molar-refractivity contribution >= 4 is 11.6 Å². The topological polar surface area (TPSA) is 64.9 Å². The van der Waals surface area contributed by atoms with E-state index in [0.717, 1.165) is 29.8 Å². The minimum Gasteiger partial charge on any atom is -0.339 e. The van der Waals surface area contributed by atoms with Gasteiger partial charge in [0.25, 0.3) is 0 Å². The fraction of sp³-hybridized carbons (Fsp3) is 0.500. The molecule has 2 N–H and O–H groups in total. The van der Waals surface area contributed by atoms with Crippen LogP contribution in [0.3, 0.4) is 0 Å². The predicted octanol–water partition coefficient (Wildman–Crippen LogP) is 3.47. The monoisotopic (exact) mass is 305 g/mol. The minimum absolute atomic E-state index is 0.0832. The summed E-state index contributed by atoms with van der Waals surface area (Å²) in [5.74, 6) is 1.33. The van der Waals surface area contributed by atoms with Gasteiger partial charge >= 0.3 is 0 Å². The third kappa shape index (κ3) is 2.83. The van der Waals surface area contributed by atoms with Gasteiger partial charge in [0.15, 0.2) is 5.82 Å². The predicted molar refractivity (Wildman–Crippen MR) is 82.4 cm³/mol. The Morgan fingerprint density at radius 1 is 1.38 bits per heavy atom. The summed E-state index contributed by atoms with van der Waals surface area (Å²) in [5.41, 5.74) is 7.08. The van der Waals surface area contributed by atoms with Crippen LogP contribution in [0.15, 0.2) is 28.8 Å². The van der Waals surface area contributed by atoms with Crippen molar-refractivity contribution in [3.05, 3.63) is 46.6 Å². The molecule has 0 aliphatic heterocycles. The van der Waals surface area contributed by atoms with Crippen LogP contribution in [-0.4, -0.2) is 16.2 Å². The number of nitrogens with zero attached hydrogens (tertiary/aromatic N) is 2. The van der Waals surface area contributed by atoms with E-state index in [9.17, 15) is 0 Å². The molecule has 2 atom stereocenters. The van der Waals surface area contributed by atoms with E-state index >= 15 is 0 Å². The molecule has 1 aliphatic rings. The molecule has 4 nitrogen and oxygen atoms in total. The van der Waals surface area contributed by atoms with Crippen molar-refractivity contribution in [3.8, 4) is 0 Å². The highest BCUT2D eigenvalue weighted by Crippen LogP contribution is 2.37. The average Bonchev–Trinajstić information content (AvgIpc) is 2.94. The molecule has 0 spiro atoms. The van der Waals surface area contributed by atoms with Crippen LogP contribution in [0.4, 0.5) is 0 Å². The zero-order valence-corrected chi connectivity index (χ0v) is 12.9. The van der Waals surface area contributed by atoms with Crippen molar-refractivity contribution < 1.29 is 4.52 Å². The number of benzene rings is 1. The maximum atomic E-state index is 6.28. The van der Waals surface area contributed by atoms with Gasteiger partial charge in [-0.05, 0) is 31.4 Å². The van der Waals surface area contributed by atoms with Gasteiger partial charge in [-0.15, -0.1) is 0 Å². The van der Waals surface area contributed by atoms with E-state index in [4.69, 9.17) is 21.9 Å². The van der Waals surface area contributed by atoms with Crippen LogP contribution < -0.4 is 5.73 Å². The highest BCUT2D eigenvalue weighted by atomic mass is 35.5. The van der Waals surface area contributed by atoms with E-state index in [1.807, 2.05) is 24.3 Å². The molecule has 1 heterocycles. The number of halogens is 1. The number of hydrogen-bond acceptors (Lipinski definition) is 4. The summed E-state index contributed by atoms with van der Waals surface area (Å²) < 4.78 is 5.51. The summed E-state index contributed by atoms with van der Waals surface area (Å²) in [7, 11) is 0. The zero-order valence-electron chi connectivity index (χ0n) is 12.2. The van der Waals surface area contributed by atoms with Crippen LogP contribution in [0.1, 0.15) is 49.9 Å². The number of rotatable bonds is 3. The summed E-state index contributed by atoms with van der Waals surface area (Å²) >= 11 is 6.17. The van der Waals surface area contributed by atoms with Gasteiger partial charge in [-0.25, -0.2) is 0 Å². The van der Waals surface area contributed by atoms with Crippen molar-refractivity contribution in [3.63, 3.8) is 0 Å². The molecule has 0 saturated heterocycles. The normalized spacial score (nSPS) is 26.0. The van der Waals surface area contributed by atoms with Crippen LogP contribution >= 0.6 is 11.6 Å². The molecule has 2 aromatic rings. The molecular formula is C16H20ClN3O. The summed E-state index contributed by atoms with van der Waals surface area (Å²) in [4.78, 5) is 4.58. The Hall–Kier alpha value is -1.39. The van der Waals surface area contributed by atoms with Crippen LogP contribution in [0.5, 0.6) is 0 Å². The quantitative estimate of drug-likeness (QED) is 0.943.